The minimum atomic E-state index is 1.15. The molecule has 0 nitrogen and oxygen atoms in total. The summed E-state index contributed by atoms with van der Waals surface area (Å²) in [4.78, 5) is 0. The summed E-state index contributed by atoms with van der Waals surface area (Å²) in [5.74, 6) is 0. The molecule has 0 aromatic heterocycles. The van der Waals surface area contributed by atoms with Crippen molar-refractivity contribution in [3.05, 3.63) is 139 Å². The maximum atomic E-state index is 3.75. The molecular weight excluding hydrogens is 360 g/mol. The number of hydrogen-bond acceptors (Lipinski definition) is 0. The van der Waals surface area contributed by atoms with E-state index < -0.39 is 0 Å². The van der Waals surface area contributed by atoms with Crippen LogP contribution < -0.4 is 0 Å². The first-order valence-corrected chi connectivity index (χ1v) is 9.88. The van der Waals surface area contributed by atoms with Gasteiger partial charge >= 0.3 is 0 Å². The molecule has 0 saturated heterocycles. The van der Waals surface area contributed by atoms with Crippen molar-refractivity contribution in [1.29, 1.82) is 0 Å². The fourth-order valence-electron chi connectivity index (χ4n) is 2.91. The topological polar surface area (TPSA) is 0 Å². The zero-order chi connectivity index (χ0) is 22.4. The van der Waals surface area contributed by atoms with Crippen molar-refractivity contribution >= 4 is 30.4 Å². The molecule has 0 heteroatoms. The zero-order valence-electron chi connectivity index (χ0n) is 18.3. The molecule has 3 rings (SSSR count). The first-order valence-electron chi connectivity index (χ1n) is 9.88. The number of rotatable bonds is 5. The van der Waals surface area contributed by atoms with Gasteiger partial charge in [0.1, 0.15) is 0 Å². The maximum Gasteiger partial charge on any atom is -0.0161 e. The van der Waals surface area contributed by atoms with Crippen LogP contribution in [0.3, 0.4) is 0 Å². The molecule has 0 aliphatic heterocycles. The zero-order valence-corrected chi connectivity index (χ0v) is 18.3. The van der Waals surface area contributed by atoms with Gasteiger partial charge in [-0.25, -0.2) is 0 Å². The van der Waals surface area contributed by atoms with Gasteiger partial charge in [-0.3, -0.25) is 0 Å². The molecule has 0 bridgehead atoms. The molecule has 3 aromatic carbocycles. The predicted octanol–water partition coefficient (Wildman–Crippen LogP) is 8.89. The van der Waals surface area contributed by atoms with E-state index in [9.17, 15) is 0 Å². The monoisotopic (exact) mass is 392 g/mol. The average Bonchev–Trinajstić information content (AvgIpc) is 2.80. The maximum absolute atomic E-state index is 3.75. The SMILES string of the molecule is C=Cc1cccc(C)c1C=C.C=Cc1cccc(C)c1C=C.C=Cc1ccccc1. The second kappa shape index (κ2) is 13.5. The van der Waals surface area contributed by atoms with Crippen LogP contribution in [0.15, 0.2) is 99.6 Å². The van der Waals surface area contributed by atoms with Gasteiger partial charge in [-0.15, -0.1) is 0 Å². The van der Waals surface area contributed by atoms with Gasteiger partial charge in [0, 0.05) is 0 Å². The third-order valence-corrected chi connectivity index (χ3v) is 4.60. The molecule has 0 N–H and O–H groups in total. The summed E-state index contributed by atoms with van der Waals surface area (Å²) in [5, 5.41) is 0. The molecule has 0 aliphatic carbocycles. The fourth-order valence-corrected chi connectivity index (χ4v) is 2.91. The first-order chi connectivity index (χ1) is 14.5. The van der Waals surface area contributed by atoms with Crippen LogP contribution in [-0.2, 0) is 0 Å². The second-order valence-electron chi connectivity index (χ2n) is 6.59. The number of hydrogen-bond donors (Lipinski definition) is 0. The van der Waals surface area contributed by atoms with Crippen molar-refractivity contribution in [3.8, 4) is 0 Å². The van der Waals surface area contributed by atoms with Crippen LogP contribution in [0.1, 0.15) is 38.9 Å². The summed E-state index contributed by atoms with van der Waals surface area (Å²) in [6, 6.07) is 22.3. The Morgan fingerprint density at radius 2 is 0.900 bits per heavy atom. The molecule has 0 aliphatic rings. The summed E-state index contributed by atoms with van der Waals surface area (Å²) in [6.07, 6.45) is 9.27. The second-order valence-corrected chi connectivity index (χ2v) is 6.59. The van der Waals surface area contributed by atoms with E-state index in [2.05, 4.69) is 58.9 Å². The summed E-state index contributed by atoms with van der Waals surface area (Å²) in [7, 11) is 0. The summed E-state index contributed by atoms with van der Waals surface area (Å²) in [6.45, 7) is 22.7. The highest BCUT2D eigenvalue weighted by molar-refractivity contribution is 5.66. The highest BCUT2D eigenvalue weighted by Crippen LogP contribution is 2.16. The lowest BCUT2D eigenvalue weighted by molar-refractivity contribution is 1.43. The summed E-state index contributed by atoms with van der Waals surface area (Å²) < 4.78 is 0. The van der Waals surface area contributed by atoms with Gasteiger partial charge in [-0.1, -0.05) is 130 Å². The third-order valence-electron chi connectivity index (χ3n) is 4.60. The van der Waals surface area contributed by atoms with Crippen LogP contribution in [-0.4, -0.2) is 0 Å². The molecule has 0 fully saturated rings. The predicted molar refractivity (Wildman–Crippen MR) is 139 cm³/mol. The Labute approximate surface area is 182 Å². The standard InChI is InChI=1S/2C11H12.C8H8/c2*1-4-10-8-6-7-9(3)11(10)5-2;1-2-8-6-4-3-5-7-8/h2*4-8H,1-2H2,3H3;2-7H,1H2. The van der Waals surface area contributed by atoms with Crippen molar-refractivity contribution in [2.24, 2.45) is 0 Å². The van der Waals surface area contributed by atoms with Crippen molar-refractivity contribution in [2.75, 3.05) is 0 Å². The Balaban J connectivity index is 0.000000228. The fraction of sp³-hybridized carbons (Fsp3) is 0.0667. The lowest BCUT2D eigenvalue weighted by Crippen LogP contribution is -1.83. The van der Waals surface area contributed by atoms with E-state index in [0.717, 1.165) is 11.1 Å². The van der Waals surface area contributed by atoms with Crippen molar-refractivity contribution < 1.29 is 0 Å². The average molecular weight is 393 g/mol. The van der Waals surface area contributed by atoms with Gasteiger partial charge in [0.15, 0.2) is 0 Å². The molecule has 152 valence electrons. The smallest absolute Gasteiger partial charge is 0.0161 e. The minimum Gasteiger partial charge on any atom is -0.0985 e. The lowest BCUT2D eigenvalue weighted by atomic mass is 10.0. The van der Waals surface area contributed by atoms with Gasteiger partial charge in [-0.05, 0) is 52.8 Å². The molecule has 0 atom stereocenters. The Morgan fingerprint density at radius 1 is 0.467 bits per heavy atom. The first kappa shape index (κ1) is 24.4. The molecule has 0 spiro atoms. The molecule has 30 heavy (non-hydrogen) atoms. The molecule has 3 aromatic rings. The Morgan fingerprint density at radius 3 is 1.17 bits per heavy atom. The van der Waals surface area contributed by atoms with E-state index in [0.29, 0.717) is 0 Å². The number of benzene rings is 3. The Kier molecular flexibility index (Phi) is 11.0. The van der Waals surface area contributed by atoms with Crippen LogP contribution in [0, 0.1) is 13.8 Å². The lowest BCUT2D eigenvalue weighted by Gasteiger charge is -2.03. The third kappa shape index (κ3) is 7.41. The highest BCUT2D eigenvalue weighted by atomic mass is 14.0. The van der Waals surface area contributed by atoms with E-state index >= 15 is 0 Å². The molecular formula is C30H32. The van der Waals surface area contributed by atoms with E-state index in [-0.39, 0.29) is 0 Å². The Bertz CT molecular complexity index is 926. The van der Waals surface area contributed by atoms with Crippen molar-refractivity contribution in [3.63, 3.8) is 0 Å². The molecule has 0 saturated carbocycles. The highest BCUT2D eigenvalue weighted by Gasteiger charge is 1.97. The number of aryl methyl sites for hydroxylation is 2. The van der Waals surface area contributed by atoms with Crippen molar-refractivity contribution in [1.82, 2.24) is 0 Å². The molecule has 0 heterocycles. The molecule has 0 unspecified atom stereocenters. The van der Waals surface area contributed by atoms with Crippen LogP contribution >= 0.6 is 0 Å². The van der Waals surface area contributed by atoms with E-state index in [1.807, 2.05) is 85.0 Å². The van der Waals surface area contributed by atoms with Gasteiger partial charge in [0.25, 0.3) is 0 Å². The largest absolute Gasteiger partial charge is 0.0985 e. The van der Waals surface area contributed by atoms with Gasteiger partial charge < -0.3 is 0 Å². The minimum absolute atomic E-state index is 1.15. The van der Waals surface area contributed by atoms with E-state index in [1.165, 1.54) is 27.8 Å². The molecule has 0 amide bonds. The van der Waals surface area contributed by atoms with Crippen LogP contribution in [0.2, 0.25) is 0 Å². The van der Waals surface area contributed by atoms with E-state index in [4.69, 9.17) is 0 Å². The van der Waals surface area contributed by atoms with Gasteiger partial charge in [-0.2, -0.15) is 0 Å². The summed E-state index contributed by atoms with van der Waals surface area (Å²) in [5.41, 5.74) is 8.34. The van der Waals surface area contributed by atoms with E-state index in [1.54, 1.807) is 0 Å². The quantitative estimate of drug-likeness (QED) is 0.406. The molecule has 0 radical (unpaired) electrons. The van der Waals surface area contributed by atoms with Crippen LogP contribution in [0.4, 0.5) is 0 Å². The van der Waals surface area contributed by atoms with Crippen LogP contribution in [0.25, 0.3) is 30.4 Å². The van der Waals surface area contributed by atoms with Crippen LogP contribution in [0.5, 0.6) is 0 Å². The normalized spacial score (nSPS) is 9.00. The summed E-state index contributed by atoms with van der Waals surface area (Å²) >= 11 is 0. The Hall–Kier alpha value is -3.64. The van der Waals surface area contributed by atoms with Gasteiger partial charge in [0.05, 0.1) is 0 Å². The van der Waals surface area contributed by atoms with Crippen molar-refractivity contribution in [2.45, 2.75) is 13.8 Å². The van der Waals surface area contributed by atoms with Gasteiger partial charge in [0.2, 0.25) is 0 Å².